The Morgan fingerprint density at radius 2 is 2.04 bits per heavy atom. The molecule has 0 unspecified atom stereocenters. The van der Waals surface area contributed by atoms with Crippen molar-refractivity contribution < 1.29 is 4.74 Å². The molecular formula is C18H23N5O. The Kier molecular flexibility index (Phi) is 4.40. The van der Waals surface area contributed by atoms with Crippen LogP contribution in [0.2, 0.25) is 0 Å². The van der Waals surface area contributed by atoms with E-state index in [2.05, 4.69) is 30.8 Å². The summed E-state index contributed by atoms with van der Waals surface area (Å²) in [7, 11) is 0. The summed E-state index contributed by atoms with van der Waals surface area (Å²) in [6.45, 7) is 5.56. The van der Waals surface area contributed by atoms with E-state index in [4.69, 9.17) is 4.74 Å². The molecule has 2 aliphatic rings. The molecule has 0 saturated carbocycles. The first kappa shape index (κ1) is 15.5. The lowest BCUT2D eigenvalue weighted by molar-refractivity contribution is -0.116. The molecule has 2 aromatic heterocycles. The molecule has 2 aromatic rings. The zero-order valence-corrected chi connectivity index (χ0v) is 13.8. The van der Waals surface area contributed by atoms with Crippen molar-refractivity contribution in [3.8, 4) is 0 Å². The van der Waals surface area contributed by atoms with E-state index in [1.165, 1.54) is 5.56 Å². The maximum Gasteiger partial charge on any atom is 0.147 e. The van der Waals surface area contributed by atoms with E-state index in [1.54, 1.807) is 12.4 Å². The van der Waals surface area contributed by atoms with Crippen molar-refractivity contribution in [1.82, 2.24) is 19.9 Å². The maximum atomic E-state index is 6.28. The number of piperidine rings is 1. The van der Waals surface area contributed by atoms with Crippen molar-refractivity contribution in [1.29, 1.82) is 0 Å². The van der Waals surface area contributed by atoms with Crippen molar-refractivity contribution in [3.05, 3.63) is 48.7 Å². The number of morpholine rings is 1. The van der Waals surface area contributed by atoms with Gasteiger partial charge >= 0.3 is 0 Å². The Labute approximate surface area is 142 Å². The van der Waals surface area contributed by atoms with Crippen LogP contribution in [-0.2, 0) is 11.3 Å². The van der Waals surface area contributed by atoms with Gasteiger partial charge in [-0.2, -0.15) is 0 Å². The average Bonchev–Trinajstić information content (AvgIpc) is 2.63. The molecule has 4 rings (SSSR count). The number of rotatable bonds is 3. The molecule has 6 nitrogen and oxygen atoms in total. The molecule has 2 fully saturated rings. The molecule has 2 aliphatic heterocycles. The van der Waals surface area contributed by atoms with Crippen molar-refractivity contribution >= 4 is 5.82 Å². The summed E-state index contributed by atoms with van der Waals surface area (Å²) in [6, 6.07) is 4.14. The van der Waals surface area contributed by atoms with Gasteiger partial charge in [-0.05, 0) is 24.5 Å². The third-order valence-electron chi connectivity index (χ3n) is 4.87. The van der Waals surface area contributed by atoms with Gasteiger partial charge in [0.1, 0.15) is 5.82 Å². The molecule has 0 bridgehead atoms. The van der Waals surface area contributed by atoms with Crippen molar-refractivity contribution in [2.75, 3.05) is 37.7 Å². The van der Waals surface area contributed by atoms with Gasteiger partial charge in [-0.25, -0.2) is 4.98 Å². The van der Waals surface area contributed by atoms with Gasteiger partial charge in [0.05, 0.1) is 18.4 Å². The van der Waals surface area contributed by atoms with E-state index in [-0.39, 0.29) is 5.60 Å². The summed E-state index contributed by atoms with van der Waals surface area (Å²) in [5, 5.41) is 0. The molecule has 0 amide bonds. The van der Waals surface area contributed by atoms with E-state index >= 15 is 0 Å². The second-order valence-electron chi connectivity index (χ2n) is 6.69. The monoisotopic (exact) mass is 325 g/mol. The van der Waals surface area contributed by atoms with Gasteiger partial charge in [0, 0.05) is 57.5 Å². The van der Waals surface area contributed by atoms with Crippen molar-refractivity contribution in [2.24, 2.45) is 0 Å². The topological polar surface area (TPSA) is 54.4 Å². The minimum absolute atomic E-state index is 0.101. The largest absolute Gasteiger partial charge is 0.370 e. The molecule has 1 spiro atoms. The lowest BCUT2D eigenvalue weighted by Crippen LogP contribution is -2.59. The highest BCUT2D eigenvalue weighted by Gasteiger charge is 2.40. The Balaban J connectivity index is 1.45. The van der Waals surface area contributed by atoms with Gasteiger partial charge in [-0.3, -0.25) is 14.9 Å². The highest BCUT2D eigenvalue weighted by atomic mass is 16.5. The third kappa shape index (κ3) is 3.39. The summed E-state index contributed by atoms with van der Waals surface area (Å²) in [4.78, 5) is 17.7. The van der Waals surface area contributed by atoms with Crippen molar-refractivity contribution in [3.63, 3.8) is 0 Å². The Hall–Kier alpha value is -2.05. The Morgan fingerprint density at radius 3 is 2.88 bits per heavy atom. The van der Waals surface area contributed by atoms with Crippen LogP contribution in [0.3, 0.4) is 0 Å². The van der Waals surface area contributed by atoms with Gasteiger partial charge in [0.2, 0.25) is 0 Å². The predicted molar refractivity (Wildman–Crippen MR) is 91.7 cm³/mol. The fraction of sp³-hybridized carbons (Fsp3) is 0.500. The average molecular weight is 325 g/mol. The molecular weight excluding hydrogens is 302 g/mol. The van der Waals surface area contributed by atoms with E-state index in [0.717, 1.165) is 58.0 Å². The predicted octanol–water partition coefficient (Wildman–Crippen LogP) is 1.74. The summed E-state index contributed by atoms with van der Waals surface area (Å²) < 4.78 is 6.28. The van der Waals surface area contributed by atoms with Crippen LogP contribution >= 0.6 is 0 Å². The molecule has 0 radical (unpaired) electrons. The Bertz CT molecular complexity index is 649. The van der Waals surface area contributed by atoms with Gasteiger partial charge < -0.3 is 9.64 Å². The summed E-state index contributed by atoms with van der Waals surface area (Å²) >= 11 is 0. The quantitative estimate of drug-likeness (QED) is 0.857. The number of pyridine rings is 1. The van der Waals surface area contributed by atoms with E-state index in [0.29, 0.717) is 0 Å². The maximum absolute atomic E-state index is 6.28. The van der Waals surface area contributed by atoms with Crippen LogP contribution in [-0.4, -0.2) is 58.2 Å². The molecule has 126 valence electrons. The first-order valence-corrected chi connectivity index (χ1v) is 8.59. The highest BCUT2D eigenvalue weighted by molar-refractivity contribution is 5.36. The number of aromatic nitrogens is 3. The third-order valence-corrected chi connectivity index (χ3v) is 4.87. The summed E-state index contributed by atoms with van der Waals surface area (Å²) in [6.07, 6.45) is 11.3. The molecule has 24 heavy (non-hydrogen) atoms. The first-order valence-electron chi connectivity index (χ1n) is 8.59. The summed E-state index contributed by atoms with van der Waals surface area (Å²) in [5.74, 6) is 0.949. The number of hydrogen-bond donors (Lipinski definition) is 0. The lowest BCUT2D eigenvalue weighted by Gasteiger charge is -2.48. The molecule has 4 heterocycles. The molecule has 2 saturated heterocycles. The van der Waals surface area contributed by atoms with Gasteiger partial charge in [-0.1, -0.05) is 6.07 Å². The highest BCUT2D eigenvalue weighted by Crippen LogP contribution is 2.31. The molecule has 0 aliphatic carbocycles. The number of nitrogens with zero attached hydrogens (tertiary/aromatic N) is 5. The van der Waals surface area contributed by atoms with Crippen LogP contribution in [0.25, 0.3) is 0 Å². The smallest absolute Gasteiger partial charge is 0.147 e. The van der Waals surface area contributed by atoms with Crippen molar-refractivity contribution in [2.45, 2.75) is 25.0 Å². The summed E-state index contributed by atoms with van der Waals surface area (Å²) in [5.41, 5.74) is 1.16. The van der Waals surface area contributed by atoms with Crippen LogP contribution in [0.15, 0.2) is 43.1 Å². The van der Waals surface area contributed by atoms with E-state index in [1.807, 2.05) is 24.7 Å². The van der Waals surface area contributed by atoms with Crippen LogP contribution in [0.1, 0.15) is 18.4 Å². The molecule has 6 heteroatoms. The minimum atomic E-state index is -0.101. The van der Waals surface area contributed by atoms with Gasteiger partial charge in [-0.15, -0.1) is 0 Å². The molecule has 0 aromatic carbocycles. The standard InChI is InChI=1S/C18H23N5O/c1-3-16(11-19-5-1)13-22-9-10-24-18(14-22)4-2-8-23(15-18)17-12-20-6-7-21-17/h1,3,5-7,11-12H,2,4,8-10,13-15H2/t18-/m0/s1. The number of ether oxygens (including phenoxy) is 1. The second-order valence-corrected chi connectivity index (χ2v) is 6.69. The number of hydrogen-bond acceptors (Lipinski definition) is 6. The van der Waals surface area contributed by atoms with Gasteiger partial charge in [0.25, 0.3) is 0 Å². The SMILES string of the molecule is c1cncc(CN2CCO[C@@]3(CCCN(c4cnccn4)C3)C2)c1. The van der Waals surface area contributed by atoms with Crippen LogP contribution < -0.4 is 4.90 Å². The fourth-order valence-electron chi connectivity index (χ4n) is 3.80. The van der Waals surface area contributed by atoms with Gasteiger partial charge in [0.15, 0.2) is 0 Å². The zero-order chi connectivity index (χ0) is 16.2. The Morgan fingerprint density at radius 1 is 1.08 bits per heavy atom. The first-order chi connectivity index (χ1) is 11.8. The van der Waals surface area contributed by atoms with E-state index in [9.17, 15) is 0 Å². The van der Waals surface area contributed by atoms with Crippen LogP contribution in [0, 0.1) is 0 Å². The lowest BCUT2D eigenvalue weighted by atomic mass is 9.90. The zero-order valence-electron chi connectivity index (χ0n) is 13.8. The van der Waals surface area contributed by atoms with Crippen LogP contribution in [0.4, 0.5) is 5.82 Å². The molecule has 0 N–H and O–H groups in total. The number of anilines is 1. The van der Waals surface area contributed by atoms with E-state index < -0.39 is 0 Å². The minimum Gasteiger partial charge on any atom is -0.370 e. The molecule has 1 atom stereocenters. The normalized spacial score (nSPS) is 25.1. The van der Waals surface area contributed by atoms with Crippen LogP contribution in [0.5, 0.6) is 0 Å². The fourth-order valence-corrected chi connectivity index (χ4v) is 3.80. The second kappa shape index (κ2) is 6.83.